The summed E-state index contributed by atoms with van der Waals surface area (Å²) in [4.78, 5) is 19.1. The number of pyridine rings is 1. The molecule has 4 rings (SSSR count). The van der Waals surface area contributed by atoms with Gasteiger partial charge in [-0.05, 0) is 47.4 Å². The Kier molecular flexibility index (Phi) is 5.24. The normalized spacial score (nSPS) is 13.0. The monoisotopic (exact) mass is 373 g/mol. The first kappa shape index (κ1) is 18.0. The highest BCUT2D eigenvalue weighted by atomic mass is 16.5. The van der Waals surface area contributed by atoms with Crippen LogP contribution in [0.25, 0.3) is 0 Å². The zero-order chi connectivity index (χ0) is 19.3. The highest BCUT2D eigenvalue weighted by molar-refractivity contribution is 5.93. The molecule has 0 saturated heterocycles. The second-order valence-corrected chi connectivity index (χ2v) is 6.87. The van der Waals surface area contributed by atoms with E-state index in [0.717, 1.165) is 36.5 Å². The van der Waals surface area contributed by atoms with Crippen LogP contribution in [0, 0.1) is 0 Å². The molecule has 1 aliphatic rings. The van der Waals surface area contributed by atoms with Crippen LogP contribution >= 0.6 is 0 Å². The molecule has 0 saturated carbocycles. The van der Waals surface area contributed by atoms with E-state index in [2.05, 4.69) is 39.5 Å². The van der Waals surface area contributed by atoms with Gasteiger partial charge in [0.1, 0.15) is 11.4 Å². The third kappa shape index (κ3) is 3.98. The summed E-state index contributed by atoms with van der Waals surface area (Å²) in [6.07, 6.45) is 2.72. The van der Waals surface area contributed by atoms with E-state index >= 15 is 0 Å². The molecule has 0 unspecified atom stereocenters. The van der Waals surface area contributed by atoms with E-state index in [9.17, 15) is 4.79 Å². The number of ether oxygens (including phenoxy) is 1. The predicted molar refractivity (Wildman–Crippen MR) is 110 cm³/mol. The maximum Gasteiger partial charge on any atom is 0.270 e. The molecule has 0 atom stereocenters. The summed E-state index contributed by atoms with van der Waals surface area (Å²) >= 11 is 0. The molecule has 0 spiro atoms. The van der Waals surface area contributed by atoms with Gasteiger partial charge in [-0.3, -0.25) is 9.78 Å². The fraction of sp³-hybridized carbons (Fsp3) is 0.217. The Hall–Kier alpha value is -3.34. The smallest absolute Gasteiger partial charge is 0.270 e. The molecule has 5 nitrogen and oxygen atoms in total. The van der Waals surface area contributed by atoms with E-state index < -0.39 is 0 Å². The van der Waals surface area contributed by atoms with E-state index in [-0.39, 0.29) is 5.91 Å². The molecule has 1 N–H and O–H groups in total. The predicted octanol–water partition coefficient (Wildman–Crippen LogP) is 3.58. The summed E-state index contributed by atoms with van der Waals surface area (Å²) < 4.78 is 5.15. The van der Waals surface area contributed by atoms with Crippen molar-refractivity contribution in [3.05, 3.63) is 89.2 Å². The summed E-state index contributed by atoms with van der Waals surface area (Å²) in [5, 5.41) is 2.94. The first-order chi connectivity index (χ1) is 13.7. The zero-order valence-electron chi connectivity index (χ0n) is 15.9. The molecule has 1 aliphatic heterocycles. The Bertz CT molecular complexity index is 970. The van der Waals surface area contributed by atoms with Crippen molar-refractivity contribution in [1.82, 2.24) is 10.3 Å². The van der Waals surface area contributed by atoms with Crippen LogP contribution in [-0.4, -0.2) is 24.5 Å². The van der Waals surface area contributed by atoms with Crippen LogP contribution in [0.2, 0.25) is 0 Å². The molecule has 0 aliphatic carbocycles. The van der Waals surface area contributed by atoms with Gasteiger partial charge in [0.2, 0.25) is 0 Å². The molecule has 0 radical (unpaired) electrons. The van der Waals surface area contributed by atoms with Gasteiger partial charge in [0.25, 0.3) is 5.91 Å². The lowest BCUT2D eigenvalue weighted by Crippen LogP contribution is -2.31. The lowest BCUT2D eigenvalue weighted by Gasteiger charge is -2.30. The van der Waals surface area contributed by atoms with E-state index in [1.165, 1.54) is 11.1 Å². The van der Waals surface area contributed by atoms with Crippen molar-refractivity contribution >= 4 is 11.6 Å². The Morgan fingerprint density at radius 2 is 1.89 bits per heavy atom. The van der Waals surface area contributed by atoms with Gasteiger partial charge in [0.15, 0.2) is 0 Å². The minimum atomic E-state index is -0.171. The van der Waals surface area contributed by atoms with Crippen molar-refractivity contribution in [2.45, 2.75) is 19.5 Å². The Balaban J connectivity index is 1.42. The number of nitrogens with zero attached hydrogens (tertiary/aromatic N) is 2. The third-order valence-electron chi connectivity index (χ3n) is 5.08. The number of methoxy groups -OCH3 is 1. The van der Waals surface area contributed by atoms with Crippen LogP contribution < -0.4 is 15.0 Å². The summed E-state index contributed by atoms with van der Waals surface area (Å²) in [5.74, 6) is 0.627. The summed E-state index contributed by atoms with van der Waals surface area (Å²) in [5.41, 5.74) is 5.23. The van der Waals surface area contributed by atoms with Crippen molar-refractivity contribution in [3.8, 4) is 5.75 Å². The van der Waals surface area contributed by atoms with Crippen molar-refractivity contribution < 1.29 is 9.53 Å². The molecule has 2 aromatic carbocycles. The van der Waals surface area contributed by atoms with Crippen LogP contribution in [0.15, 0.2) is 66.9 Å². The van der Waals surface area contributed by atoms with Crippen molar-refractivity contribution in [2.24, 2.45) is 0 Å². The molecule has 28 heavy (non-hydrogen) atoms. The molecule has 142 valence electrons. The Morgan fingerprint density at radius 1 is 1.11 bits per heavy atom. The van der Waals surface area contributed by atoms with Gasteiger partial charge in [-0.15, -0.1) is 0 Å². The van der Waals surface area contributed by atoms with Crippen LogP contribution in [0.3, 0.4) is 0 Å². The van der Waals surface area contributed by atoms with Gasteiger partial charge in [-0.25, -0.2) is 0 Å². The number of benzene rings is 2. The lowest BCUT2D eigenvalue weighted by molar-refractivity contribution is 0.0946. The summed E-state index contributed by atoms with van der Waals surface area (Å²) in [6.45, 7) is 2.24. The maximum atomic E-state index is 12.6. The molecule has 2 heterocycles. The first-order valence-corrected chi connectivity index (χ1v) is 9.42. The fourth-order valence-corrected chi connectivity index (χ4v) is 3.47. The van der Waals surface area contributed by atoms with E-state index in [4.69, 9.17) is 4.74 Å². The number of carbonyl (C=O) groups is 1. The summed E-state index contributed by atoms with van der Waals surface area (Å²) in [6, 6.07) is 20.0. The number of hydrogen-bond acceptors (Lipinski definition) is 4. The first-order valence-electron chi connectivity index (χ1n) is 9.42. The van der Waals surface area contributed by atoms with Crippen LogP contribution in [0.5, 0.6) is 5.75 Å². The number of rotatable bonds is 5. The number of amides is 1. The molecule has 5 heteroatoms. The molecular formula is C23H23N3O2. The molecule has 0 fully saturated rings. The topological polar surface area (TPSA) is 54.5 Å². The zero-order valence-corrected chi connectivity index (χ0v) is 15.9. The van der Waals surface area contributed by atoms with Crippen molar-refractivity contribution in [3.63, 3.8) is 0 Å². The highest BCUT2D eigenvalue weighted by Crippen LogP contribution is 2.24. The fourth-order valence-electron chi connectivity index (χ4n) is 3.47. The Labute approximate surface area is 165 Å². The number of anilines is 1. The Morgan fingerprint density at radius 3 is 2.68 bits per heavy atom. The largest absolute Gasteiger partial charge is 0.497 e. The number of carbonyl (C=O) groups excluding carboxylic acids is 1. The number of nitrogens with one attached hydrogen (secondary N) is 1. The minimum absolute atomic E-state index is 0.171. The van der Waals surface area contributed by atoms with Gasteiger partial charge in [0, 0.05) is 31.5 Å². The van der Waals surface area contributed by atoms with Gasteiger partial charge < -0.3 is 15.0 Å². The molecule has 0 bridgehead atoms. The van der Waals surface area contributed by atoms with E-state index in [1.807, 2.05) is 36.4 Å². The van der Waals surface area contributed by atoms with Gasteiger partial charge in [-0.2, -0.15) is 0 Å². The van der Waals surface area contributed by atoms with Crippen LogP contribution in [0.4, 0.5) is 5.69 Å². The van der Waals surface area contributed by atoms with Gasteiger partial charge >= 0.3 is 0 Å². The lowest BCUT2D eigenvalue weighted by atomic mass is 9.99. The standard InChI is InChI=1S/C23H23N3O2/c1-28-21-8-6-17(7-9-21)15-25-23(27)22-14-20(10-12-24-22)26-13-11-18-4-2-3-5-19(18)16-26/h2-10,12,14H,11,13,15-16H2,1H3,(H,25,27). The molecular weight excluding hydrogens is 350 g/mol. The second-order valence-electron chi connectivity index (χ2n) is 6.87. The molecule has 1 amide bonds. The van der Waals surface area contributed by atoms with Gasteiger partial charge in [-0.1, -0.05) is 36.4 Å². The molecule has 3 aromatic rings. The maximum absolute atomic E-state index is 12.6. The number of aromatic nitrogens is 1. The average molecular weight is 373 g/mol. The van der Waals surface area contributed by atoms with E-state index in [0.29, 0.717) is 12.2 Å². The number of hydrogen-bond donors (Lipinski definition) is 1. The minimum Gasteiger partial charge on any atom is -0.497 e. The van der Waals surface area contributed by atoms with E-state index in [1.54, 1.807) is 13.3 Å². The highest BCUT2D eigenvalue weighted by Gasteiger charge is 2.17. The van der Waals surface area contributed by atoms with Crippen molar-refractivity contribution in [2.75, 3.05) is 18.6 Å². The van der Waals surface area contributed by atoms with Crippen LogP contribution in [0.1, 0.15) is 27.2 Å². The average Bonchev–Trinajstić information content (AvgIpc) is 2.77. The van der Waals surface area contributed by atoms with Crippen molar-refractivity contribution in [1.29, 1.82) is 0 Å². The van der Waals surface area contributed by atoms with Gasteiger partial charge in [0.05, 0.1) is 7.11 Å². The number of fused-ring (bicyclic) bond motifs is 1. The van der Waals surface area contributed by atoms with Crippen LogP contribution in [-0.2, 0) is 19.5 Å². The SMILES string of the molecule is COc1ccc(CNC(=O)c2cc(N3CCc4ccccc4C3)ccn2)cc1. The summed E-state index contributed by atoms with van der Waals surface area (Å²) in [7, 11) is 1.64. The quantitative estimate of drug-likeness (QED) is 0.743. The third-order valence-corrected chi connectivity index (χ3v) is 5.08. The second kappa shape index (κ2) is 8.13. The molecule has 1 aromatic heterocycles.